The van der Waals surface area contributed by atoms with Gasteiger partial charge in [0, 0.05) is 24.2 Å². The molecule has 0 saturated heterocycles. The van der Waals surface area contributed by atoms with Crippen LogP contribution in [0.5, 0.6) is 0 Å². The number of nitrogens with one attached hydrogen (secondary N) is 2. The second-order valence-corrected chi connectivity index (χ2v) is 7.04. The normalized spacial score (nSPS) is 12.0. The van der Waals surface area contributed by atoms with Crippen LogP contribution in [-0.2, 0) is 9.53 Å². The number of benzene rings is 1. The average molecular weight is 392 g/mol. The van der Waals surface area contributed by atoms with Gasteiger partial charge in [0.2, 0.25) is 0 Å². The molecule has 2 amide bonds. The smallest absolute Gasteiger partial charge is 0.328 e. The molecule has 0 aromatic heterocycles. The van der Waals surface area contributed by atoms with E-state index in [0.29, 0.717) is 24.1 Å². The number of nitrogens with zero attached hydrogens (tertiary/aromatic N) is 1. The third-order valence-electron chi connectivity index (χ3n) is 4.52. The van der Waals surface area contributed by atoms with Crippen LogP contribution < -0.4 is 10.6 Å². The predicted molar refractivity (Wildman–Crippen MR) is 109 cm³/mol. The van der Waals surface area contributed by atoms with Crippen LogP contribution in [-0.4, -0.2) is 62.0 Å². The van der Waals surface area contributed by atoms with Crippen molar-refractivity contribution in [1.29, 1.82) is 0 Å². The van der Waals surface area contributed by atoms with Crippen molar-refractivity contribution in [3.05, 3.63) is 35.4 Å². The van der Waals surface area contributed by atoms with Crippen molar-refractivity contribution in [3.63, 3.8) is 0 Å². The maximum absolute atomic E-state index is 12.4. The van der Waals surface area contributed by atoms with E-state index < -0.39 is 12.0 Å². The van der Waals surface area contributed by atoms with Gasteiger partial charge in [-0.05, 0) is 49.7 Å². The first-order valence-electron chi connectivity index (χ1n) is 9.81. The lowest BCUT2D eigenvalue weighted by Gasteiger charge is -2.18. The van der Waals surface area contributed by atoms with E-state index in [1.54, 1.807) is 24.3 Å². The van der Waals surface area contributed by atoms with Crippen LogP contribution in [0.4, 0.5) is 0 Å². The van der Waals surface area contributed by atoms with Gasteiger partial charge >= 0.3 is 5.97 Å². The molecular weight excluding hydrogens is 358 g/mol. The van der Waals surface area contributed by atoms with Gasteiger partial charge in [-0.25, -0.2) is 4.79 Å². The van der Waals surface area contributed by atoms with Gasteiger partial charge in [-0.2, -0.15) is 0 Å². The van der Waals surface area contributed by atoms with Gasteiger partial charge in [0.1, 0.15) is 6.04 Å². The number of carbonyl (C=O) groups excluding carboxylic acids is 3. The van der Waals surface area contributed by atoms with Gasteiger partial charge in [-0.3, -0.25) is 9.59 Å². The molecule has 1 aromatic carbocycles. The molecule has 0 aliphatic rings. The average Bonchev–Trinajstić information content (AvgIpc) is 2.69. The number of ether oxygens (including phenoxy) is 1. The SMILES string of the molecule is CCN(CC)CCNC(=O)c1ccc(C(=O)N[C@@H](CC(C)C)C(=O)OC)cc1. The number of hydrogen-bond acceptors (Lipinski definition) is 5. The predicted octanol–water partition coefficient (Wildman–Crippen LogP) is 2.08. The van der Waals surface area contributed by atoms with E-state index in [1.807, 2.05) is 13.8 Å². The number of likely N-dealkylation sites (N-methyl/N-ethyl adjacent to an activating group) is 1. The third kappa shape index (κ3) is 7.68. The Morgan fingerprint density at radius 1 is 1.00 bits per heavy atom. The standard InChI is InChI=1S/C21H33N3O4/c1-6-24(7-2)13-12-22-19(25)16-8-10-17(11-9-16)20(26)23-18(14-15(3)4)21(27)28-5/h8-11,15,18H,6-7,12-14H2,1-5H3,(H,22,25)(H,23,26)/t18-/m0/s1. The monoisotopic (exact) mass is 391 g/mol. The van der Waals surface area contributed by atoms with Gasteiger partial charge in [-0.15, -0.1) is 0 Å². The highest BCUT2D eigenvalue weighted by Gasteiger charge is 2.23. The zero-order valence-electron chi connectivity index (χ0n) is 17.6. The first-order chi connectivity index (χ1) is 13.3. The molecule has 28 heavy (non-hydrogen) atoms. The fourth-order valence-electron chi connectivity index (χ4n) is 2.81. The van der Waals surface area contributed by atoms with Gasteiger partial charge in [0.25, 0.3) is 11.8 Å². The van der Waals surface area contributed by atoms with Crippen LogP contribution in [0.15, 0.2) is 24.3 Å². The Morgan fingerprint density at radius 3 is 2.00 bits per heavy atom. The summed E-state index contributed by atoms with van der Waals surface area (Å²) >= 11 is 0. The molecule has 0 aliphatic heterocycles. The molecule has 1 atom stereocenters. The van der Waals surface area contributed by atoms with Crippen molar-refractivity contribution >= 4 is 17.8 Å². The van der Waals surface area contributed by atoms with E-state index in [2.05, 4.69) is 29.4 Å². The number of carbonyl (C=O) groups is 3. The third-order valence-corrected chi connectivity index (χ3v) is 4.52. The fourth-order valence-corrected chi connectivity index (χ4v) is 2.81. The van der Waals surface area contributed by atoms with Crippen LogP contribution in [0, 0.1) is 5.92 Å². The molecular formula is C21H33N3O4. The van der Waals surface area contributed by atoms with Crippen LogP contribution >= 0.6 is 0 Å². The summed E-state index contributed by atoms with van der Waals surface area (Å²) in [7, 11) is 1.30. The van der Waals surface area contributed by atoms with Gasteiger partial charge in [0.15, 0.2) is 0 Å². The lowest BCUT2D eigenvalue weighted by atomic mass is 10.0. The van der Waals surface area contributed by atoms with Crippen molar-refractivity contribution in [1.82, 2.24) is 15.5 Å². The van der Waals surface area contributed by atoms with E-state index in [1.165, 1.54) is 7.11 Å². The summed E-state index contributed by atoms with van der Waals surface area (Å²) in [4.78, 5) is 38.7. The molecule has 0 aliphatic carbocycles. The Hall–Kier alpha value is -2.41. The quantitative estimate of drug-likeness (QED) is 0.564. The number of hydrogen-bond donors (Lipinski definition) is 2. The number of methoxy groups -OCH3 is 1. The fraction of sp³-hybridized carbons (Fsp3) is 0.571. The first-order valence-corrected chi connectivity index (χ1v) is 9.81. The summed E-state index contributed by atoms with van der Waals surface area (Å²) < 4.78 is 4.76. The Labute approximate surface area is 167 Å². The molecule has 0 radical (unpaired) electrons. The lowest BCUT2D eigenvalue weighted by Crippen LogP contribution is -2.42. The highest BCUT2D eigenvalue weighted by Crippen LogP contribution is 2.09. The van der Waals surface area contributed by atoms with Crippen molar-refractivity contribution in [2.75, 3.05) is 33.3 Å². The Morgan fingerprint density at radius 2 is 1.54 bits per heavy atom. The maximum atomic E-state index is 12.4. The minimum absolute atomic E-state index is 0.175. The summed E-state index contributed by atoms with van der Waals surface area (Å²) in [5.74, 6) is -0.783. The second-order valence-electron chi connectivity index (χ2n) is 7.04. The van der Waals surface area contributed by atoms with Gasteiger partial charge in [-0.1, -0.05) is 27.7 Å². The number of amides is 2. The Kier molecular flexibility index (Phi) is 10.2. The van der Waals surface area contributed by atoms with Crippen LogP contribution in [0.2, 0.25) is 0 Å². The molecule has 0 heterocycles. The molecule has 0 saturated carbocycles. The minimum Gasteiger partial charge on any atom is -0.467 e. The van der Waals surface area contributed by atoms with Gasteiger partial charge in [0.05, 0.1) is 7.11 Å². The highest BCUT2D eigenvalue weighted by molar-refractivity contribution is 5.99. The first kappa shape index (κ1) is 23.6. The van der Waals surface area contributed by atoms with Crippen molar-refractivity contribution in [2.24, 2.45) is 5.92 Å². The molecule has 0 fully saturated rings. The molecule has 156 valence electrons. The van der Waals surface area contributed by atoms with E-state index in [4.69, 9.17) is 4.74 Å². The van der Waals surface area contributed by atoms with Crippen molar-refractivity contribution in [3.8, 4) is 0 Å². The van der Waals surface area contributed by atoms with Crippen LogP contribution in [0.3, 0.4) is 0 Å². The Balaban J connectivity index is 2.65. The molecule has 7 nitrogen and oxygen atoms in total. The molecule has 2 N–H and O–H groups in total. The van der Waals surface area contributed by atoms with E-state index in [-0.39, 0.29) is 17.7 Å². The summed E-state index contributed by atoms with van der Waals surface area (Å²) in [5, 5.41) is 5.58. The summed E-state index contributed by atoms with van der Waals surface area (Å²) in [6, 6.07) is 5.69. The minimum atomic E-state index is -0.694. The van der Waals surface area contributed by atoms with E-state index in [9.17, 15) is 14.4 Å². The molecule has 0 bridgehead atoms. The van der Waals surface area contributed by atoms with Gasteiger partial charge < -0.3 is 20.3 Å². The molecule has 0 spiro atoms. The summed E-state index contributed by atoms with van der Waals surface area (Å²) in [6.07, 6.45) is 0.492. The highest BCUT2D eigenvalue weighted by atomic mass is 16.5. The lowest BCUT2D eigenvalue weighted by molar-refractivity contribution is -0.143. The topological polar surface area (TPSA) is 87.7 Å². The van der Waals surface area contributed by atoms with Crippen molar-refractivity contribution < 1.29 is 19.1 Å². The zero-order valence-corrected chi connectivity index (χ0v) is 17.6. The summed E-state index contributed by atoms with van der Waals surface area (Å²) in [6.45, 7) is 11.4. The molecule has 0 unspecified atom stereocenters. The van der Waals surface area contributed by atoms with E-state index in [0.717, 1.165) is 19.6 Å². The largest absolute Gasteiger partial charge is 0.467 e. The zero-order chi connectivity index (χ0) is 21.1. The van der Waals surface area contributed by atoms with Crippen LogP contribution in [0.25, 0.3) is 0 Å². The summed E-state index contributed by atoms with van der Waals surface area (Å²) in [5.41, 5.74) is 0.875. The maximum Gasteiger partial charge on any atom is 0.328 e. The number of rotatable bonds is 11. The second kappa shape index (κ2) is 12.1. The molecule has 1 rings (SSSR count). The molecule has 7 heteroatoms. The number of esters is 1. The molecule has 1 aromatic rings. The van der Waals surface area contributed by atoms with E-state index >= 15 is 0 Å². The van der Waals surface area contributed by atoms with Crippen LogP contribution in [0.1, 0.15) is 54.8 Å². The Bertz CT molecular complexity index is 640. The van der Waals surface area contributed by atoms with Crippen molar-refractivity contribution in [2.45, 2.75) is 40.2 Å².